The van der Waals surface area contributed by atoms with Crippen molar-refractivity contribution in [1.29, 1.82) is 0 Å². The van der Waals surface area contributed by atoms with Crippen LogP contribution >= 0.6 is 0 Å². The molecule has 3 rings (SSSR count). The number of nitrogens with one attached hydrogen (secondary N) is 1. The van der Waals surface area contributed by atoms with Gasteiger partial charge in [-0.1, -0.05) is 26.0 Å². The highest BCUT2D eigenvalue weighted by atomic mass is 16.5. The number of carbonyl (C=O) groups excluding carboxylic acids is 2. The zero-order valence-corrected chi connectivity index (χ0v) is 16.0. The highest BCUT2D eigenvalue weighted by molar-refractivity contribution is 6.14. The number of hydrogen-bond acceptors (Lipinski definition) is 5. The number of rotatable bonds is 4. The van der Waals surface area contributed by atoms with Crippen LogP contribution in [0.4, 0.5) is 5.69 Å². The second-order valence-electron chi connectivity index (χ2n) is 6.65. The maximum absolute atomic E-state index is 13.1. The molecular formula is C20H22N4O3. The van der Waals surface area contributed by atoms with Gasteiger partial charge in [0.25, 0.3) is 5.91 Å². The first kappa shape index (κ1) is 18.6. The summed E-state index contributed by atoms with van der Waals surface area (Å²) in [5.74, 6) is -0.679. The second kappa shape index (κ2) is 7.19. The number of nitrogens with zero attached hydrogens (tertiary/aromatic N) is 3. The summed E-state index contributed by atoms with van der Waals surface area (Å²) >= 11 is 0. The van der Waals surface area contributed by atoms with Crippen molar-refractivity contribution >= 4 is 28.6 Å². The van der Waals surface area contributed by atoms with E-state index in [4.69, 9.17) is 4.74 Å². The van der Waals surface area contributed by atoms with Gasteiger partial charge in [0.05, 0.1) is 35.0 Å². The first-order chi connectivity index (χ1) is 12.8. The molecule has 0 atom stereocenters. The van der Waals surface area contributed by atoms with Crippen molar-refractivity contribution < 1.29 is 14.3 Å². The summed E-state index contributed by atoms with van der Waals surface area (Å²) in [7, 11) is 3.11. The maximum atomic E-state index is 13.1. The number of methoxy groups -OCH3 is 1. The Morgan fingerprint density at radius 1 is 1.19 bits per heavy atom. The Bertz CT molecular complexity index is 1040. The SMILES string of the molecule is COC(=O)c1ccccc1NC(=O)c1cc(C(C)C)nc2c1c(C)nn2C. The summed E-state index contributed by atoms with van der Waals surface area (Å²) < 4.78 is 6.47. The first-order valence-corrected chi connectivity index (χ1v) is 8.66. The van der Waals surface area contributed by atoms with Crippen molar-refractivity contribution in [3.63, 3.8) is 0 Å². The molecule has 0 radical (unpaired) electrons. The predicted molar refractivity (Wildman–Crippen MR) is 103 cm³/mol. The molecule has 0 aliphatic carbocycles. The summed E-state index contributed by atoms with van der Waals surface area (Å²) in [6.07, 6.45) is 0. The lowest BCUT2D eigenvalue weighted by Crippen LogP contribution is -2.16. The molecule has 0 fully saturated rings. The Morgan fingerprint density at radius 2 is 1.89 bits per heavy atom. The molecule has 1 aromatic carbocycles. The summed E-state index contributed by atoms with van der Waals surface area (Å²) in [4.78, 5) is 29.7. The fraction of sp³-hybridized carbons (Fsp3) is 0.300. The van der Waals surface area contributed by atoms with Crippen LogP contribution in [0, 0.1) is 6.92 Å². The third-order valence-corrected chi connectivity index (χ3v) is 4.41. The largest absolute Gasteiger partial charge is 0.465 e. The van der Waals surface area contributed by atoms with Crippen molar-refractivity contribution in [3.8, 4) is 0 Å². The molecule has 1 N–H and O–H groups in total. The van der Waals surface area contributed by atoms with Gasteiger partial charge in [-0.05, 0) is 31.0 Å². The molecular weight excluding hydrogens is 344 g/mol. The molecule has 0 aliphatic rings. The summed E-state index contributed by atoms with van der Waals surface area (Å²) in [6, 6.07) is 8.53. The van der Waals surface area contributed by atoms with Gasteiger partial charge in [-0.25, -0.2) is 9.78 Å². The zero-order chi connectivity index (χ0) is 19.7. The minimum absolute atomic E-state index is 0.151. The van der Waals surface area contributed by atoms with Crippen molar-refractivity contribution in [3.05, 3.63) is 52.8 Å². The number of para-hydroxylation sites is 1. The monoisotopic (exact) mass is 366 g/mol. The van der Waals surface area contributed by atoms with E-state index in [1.165, 1.54) is 7.11 Å². The van der Waals surface area contributed by atoms with Gasteiger partial charge in [-0.3, -0.25) is 9.48 Å². The van der Waals surface area contributed by atoms with E-state index in [9.17, 15) is 9.59 Å². The number of benzene rings is 1. The van der Waals surface area contributed by atoms with E-state index in [-0.39, 0.29) is 11.8 Å². The average molecular weight is 366 g/mol. The molecule has 0 bridgehead atoms. The number of pyridine rings is 1. The quantitative estimate of drug-likeness (QED) is 0.715. The Kier molecular flexibility index (Phi) is 4.94. The topological polar surface area (TPSA) is 86.1 Å². The van der Waals surface area contributed by atoms with E-state index in [0.29, 0.717) is 27.8 Å². The van der Waals surface area contributed by atoms with Gasteiger partial charge < -0.3 is 10.1 Å². The highest BCUT2D eigenvalue weighted by Gasteiger charge is 2.21. The number of carbonyl (C=O) groups is 2. The van der Waals surface area contributed by atoms with Crippen molar-refractivity contribution in [2.75, 3.05) is 12.4 Å². The van der Waals surface area contributed by atoms with Crippen LogP contribution in [0.25, 0.3) is 11.0 Å². The molecule has 7 nitrogen and oxygen atoms in total. The van der Waals surface area contributed by atoms with Crippen molar-refractivity contribution in [1.82, 2.24) is 14.8 Å². The first-order valence-electron chi connectivity index (χ1n) is 8.66. The van der Waals surface area contributed by atoms with Crippen LogP contribution < -0.4 is 5.32 Å². The minimum atomic E-state index is -0.508. The van der Waals surface area contributed by atoms with Crippen LogP contribution in [0.15, 0.2) is 30.3 Å². The Balaban J connectivity index is 2.10. The molecule has 0 saturated carbocycles. The number of anilines is 1. The molecule has 7 heteroatoms. The van der Waals surface area contributed by atoms with E-state index >= 15 is 0 Å². The van der Waals surface area contributed by atoms with Crippen molar-refractivity contribution in [2.24, 2.45) is 7.05 Å². The van der Waals surface area contributed by atoms with E-state index in [1.807, 2.05) is 20.8 Å². The standard InChI is InChI=1S/C20H22N4O3/c1-11(2)16-10-14(17-12(3)23-24(4)18(17)21-16)19(25)22-15-9-7-6-8-13(15)20(26)27-5/h6-11H,1-5H3,(H,22,25). The van der Waals surface area contributed by atoms with Crippen LogP contribution in [0.1, 0.15) is 51.9 Å². The van der Waals surface area contributed by atoms with Gasteiger partial charge in [0.1, 0.15) is 0 Å². The fourth-order valence-electron chi connectivity index (χ4n) is 3.01. The van der Waals surface area contributed by atoms with Gasteiger partial charge in [0, 0.05) is 12.7 Å². The predicted octanol–water partition coefficient (Wildman–Crippen LogP) is 3.44. The Morgan fingerprint density at radius 3 is 2.56 bits per heavy atom. The number of ether oxygens (including phenoxy) is 1. The van der Waals surface area contributed by atoms with Gasteiger partial charge >= 0.3 is 5.97 Å². The highest BCUT2D eigenvalue weighted by Crippen LogP contribution is 2.26. The molecule has 140 valence electrons. The molecule has 1 amide bonds. The third kappa shape index (κ3) is 3.40. The van der Waals surface area contributed by atoms with E-state index in [2.05, 4.69) is 15.4 Å². The number of esters is 1. The number of aromatic nitrogens is 3. The van der Waals surface area contributed by atoms with E-state index in [1.54, 1.807) is 42.1 Å². The lowest BCUT2D eigenvalue weighted by atomic mass is 10.0. The van der Waals surface area contributed by atoms with Gasteiger partial charge in [-0.15, -0.1) is 0 Å². The lowest BCUT2D eigenvalue weighted by molar-refractivity contribution is 0.0602. The smallest absolute Gasteiger partial charge is 0.339 e. The summed E-state index contributed by atoms with van der Waals surface area (Å²) in [6.45, 7) is 5.88. The fourth-order valence-corrected chi connectivity index (χ4v) is 3.01. The van der Waals surface area contributed by atoms with Crippen molar-refractivity contribution in [2.45, 2.75) is 26.7 Å². The van der Waals surface area contributed by atoms with Crippen LogP contribution in [0.3, 0.4) is 0 Å². The molecule has 0 aliphatic heterocycles. The lowest BCUT2D eigenvalue weighted by Gasteiger charge is -2.12. The van der Waals surface area contributed by atoms with Gasteiger partial charge in [-0.2, -0.15) is 5.10 Å². The molecule has 0 spiro atoms. The van der Waals surface area contributed by atoms with Crippen LogP contribution in [0.5, 0.6) is 0 Å². The Hall–Kier alpha value is -3.22. The van der Waals surface area contributed by atoms with Gasteiger partial charge in [0.15, 0.2) is 5.65 Å². The number of amides is 1. The molecule has 2 aromatic heterocycles. The maximum Gasteiger partial charge on any atom is 0.339 e. The normalized spacial score (nSPS) is 11.0. The van der Waals surface area contributed by atoms with Crippen LogP contribution in [-0.4, -0.2) is 33.8 Å². The number of hydrogen-bond donors (Lipinski definition) is 1. The van der Waals surface area contributed by atoms with E-state index < -0.39 is 5.97 Å². The molecule has 27 heavy (non-hydrogen) atoms. The van der Waals surface area contributed by atoms with Crippen LogP contribution in [-0.2, 0) is 11.8 Å². The minimum Gasteiger partial charge on any atom is -0.465 e. The molecule has 2 heterocycles. The molecule has 0 saturated heterocycles. The summed E-state index contributed by atoms with van der Waals surface area (Å²) in [5.41, 5.74) is 3.36. The average Bonchev–Trinajstić information content (AvgIpc) is 2.94. The molecule has 0 unspecified atom stereocenters. The zero-order valence-electron chi connectivity index (χ0n) is 16.0. The van der Waals surface area contributed by atoms with E-state index in [0.717, 1.165) is 11.4 Å². The second-order valence-corrected chi connectivity index (χ2v) is 6.65. The number of aryl methyl sites for hydroxylation is 2. The Labute approximate surface area is 157 Å². The third-order valence-electron chi connectivity index (χ3n) is 4.41. The molecule has 3 aromatic rings. The van der Waals surface area contributed by atoms with Gasteiger partial charge in [0.2, 0.25) is 0 Å². The number of fused-ring (bicyclic) bond motifs is 1. The summed E-state index contributed by atoms with van der Waals surface area (Å²) in [5, 5.41) is 7.94. The van der Waals surface area contributed by atoms with Crippen LogP contribution in [0.2, 0.25) is 0 Å².